The number of amides is 2. The predicted octanol–water partition coefficient (Wildman–Crippen LogP) is 3.26. The standard InChI is InChI=1S/C20H26N4O3/c1-5-21-20(27)11-22-15-6-7-16(12(2)8-15)24-17-9-13(3)19(26)10-18(17)23-14(4)25/h6-10,22,24,26H,5,11H2,1-4H3,(H,21,27)(H,23,25). The number of hydrogen-bond donors (Lipinski definition) is 5. The molecule has 0 saturated heterocycles. The lowest BCUT2D eigenvalue weighted by molar-refractivity contribution is -0.119. The molecule has 27 heavy (non-hydrogen) atoms. The van der Waals surface area contributed by atoms with Crippen molar-refractivity contribution < 1.29 is 14.7 Å². The largest absolute Gasteiger partial charge is 0.508 e. The Morgan fingerprint density at radius 2 is 1.74 bits per heavy atom. The second-order valence-corrected chi connectivity index (χ2v) is 6.33. The number of rotatable bonds is 7. The first-order valence-corrected chi connectivity index (χ1v) is 8.79. The summed E-state index contributed by atoms with van der Waals surface area (Å²) in [6.45, 7) is 7.85. The topological polar surface area (TPSA) is 102 Å². The number of phenols is 1. The fourth-order valence-electron chi connectivity index (χ4n) is 2.59. The molecule has 2 aromatic carbocycles. The number of anilines is 4. The van der Waals surface area contributed by atoms with Crippen LogP contribution in [0.1, 0.15) is 25.0 Å². The second kappa shape index (κ2) is 8.93. The summed E-state index contributed by atoms with van der Waals surface area (Å²) in [5, 5.41) is 21.8. The predicted molar refractivity (Wildman–Crippen MR) is 109 cm³/mol. The molecule has 0 aromatic heterocycles. The number of likely N-dealkylation sites (N-methyl/N-ethyl adjacent to an activating group) is 1. The normalized spacial score (nSPS) is 10.2. The van der Waals surface area contributed by atoms with Crippen molar-refractivity contribution in [1.82, 2.24) is 5.32 Å². The Balaban J connectivity index is 2.19. The zero-order valence-corrected chi connectivity index (χ0v) is 16.1. The number of nitrogens with one attached hydrogen (secondary N) is 4. The summed E-state index contributed by atoms with van der Waals surface area (Å²) in [5.74, 6) is -0.161. The van der Waals surface area contributed by atoms with Gasteiger partial charge in [0.2, 0.25) is 11.8 Å². The van der Waals surface area contributed by atoms with Gasteiger partial charge in [-0.05, 0) is 56.2 Å². The van der Waals surface area contributed by atoms with Gasteiger partial charge in [0.1, 0.15) is 5.75 Å². The van der Waals surface area contributed by atoms with Crippen molar-refractivity contribution in [2.45, 2.75) is 27.7 Å². The Labute approximate surface area is 159 Å². The van der Waals surface area contributed by atoms with Gasteiger partial charge in [0.05, 0.1) is 17.9 Å². The van der Waals surface area contributed by atoms with Crippen LogP contribution in [-0.2, 0) is 9.59 Å². The van der Waals surface area contributed by atoms with Gasteiger partial charge in [0, 0.05) is 30.9 Å². The molecule has 144 valence electrons. The van der Waals surface area contributed by atoms with E-state index in [9.17, 15) is 14.7 Å². The molecule has 0 fully saturated rings. The Morgan fingerprint density at radius 3 is 2.37 bits per heavy atom. The maximum absolute atomic E-state index is 11.6. The summed E-state index contributed by atoms with van der Waals surface area (Å²) in [7, 11) is 0. The van der Waals surface area contributed by atoms with E-state index in [0.29, 0.717) is 23.5 Å². The number of hydrogen-bond acceptors (Lipinski definition) is 5. The maximum Gasteiger partial charge on any atom is 0.239 e. The molecule has 0 saturated carbocycles. The first kappa shape index (κ1) is 20.1. The Hall–Kier alpha value is -3.22. The molecule has 0 aliphatic carbocycles. The molecular weight excluding hydrogens is 344 g/mol. The van der Waals surface area contributed by atoms with Crippen LogP contribution >= 0.6 is 0 Å². The molecule has 2 amide bonds. The van der Waals surface area contributed by atoms with Gasteiger partial charge < -0.3 is 26.4 Å². The van der Waals surface area contributed by atoms with Gasteiger partial charge in [-0.15, -0.1) is 0 Å². The van der Waals surface area contributed by atoms with Gasteiger partial charge >= 0.3 is 0 Å². The molecule has 0 heterocycles. The van der Waals surface area contributed by atoms with E-state index >= 15 is 0 Å². The zero-order valence-electron chi connectivity index (χ0n) is 16.1. The fraction of sp³-hybridized carbons (Fsp3) is 0.300. The number of benzene rings is 2. The lowest BCUT2D eigenvalue weighted by Crippen LogP contribution is -2.29. The van der Waals surface area contributed by atoms with Gasteiger partial charge in [-0.3, -0.25) is 9.59 Å². The van der Waals surface area contributed by atoms with Crippen LogP contribution in [0.4, 0.5) is 22.7 Å². The fourth-order valence-corrected chi connectivity index (χ4v) is 2.59. The Morgan fingerprint density at radius 1 is 1.00 bits per heavy atom. The first-order chi connectivity index (χ1) is 12.8. The third-order valence-electron chi connectivity index (χ3n) is 3.97. The Bertz CT molecular complexity index is 849. The van der Waals surface area contributed by atoms with E-state index < -0.39 is 0 Å². The monoisotopic (exact) mass is 370 g/mol. The highest BCUT2D eigenvalue weighted by Gasteiger charge is 2.10. The van der Waals surface area contributed by atoms with Crippen molar-refractivity contribution in [3.63, 3.8) is 0 Å². The zero-order chi connectivity index (χ0) is 20.0. The van der Waals surface area contributed by atoms with Crippen LogP contribution in [0, 0.1) is 13.8 Å². The molecule has 0 spiro atoms. The van der Waals surface area contributed by atoms with Crippen molar-refractivity contribution in [3.05, 3.63) is 41.5 Å². The molecule has 0 aliphatic heterocycles. The highest BCUT2D eigenvalue weighted by atomic mass is 16.3. The Kier molecular flexibility index (Phi) is 6.65. The van der Waals surface area contributed by atoms with Gasteiger partial charge in [-0.2, -0.15) is 0 Å². The molecule has 2 rings (SSSR count). The van der Waals surface area contributed by atoms with Crippen LogP contribution < -0.4 is 21.3 Å². The van der Waals surface area contributed by atoms with Crippen molar-refractivity contribution in [3.8, 4) is 5.75 Å². The van der Waals surface area contributed by atoms with Gasteiger partial charge in [-0.1, -0.05) is 0 Å². The molecule has 5 N–H and O–H groups in total. The molecule has 2 aromatic rings. The minimum Gasteiger partial charge on any atom is -0.508 e. The van der Waals surface area contributed by atoms with Crippen molar-refractivity contribution in [1.29, 1.82) is 0 Å². The van der Waals surface area contributed by atoms with E-state index in [4.69, 9.17) is 0 Å². The third-order valence-corrected chi connectivity index (χ3v) is 3.97. The summed E-state index contributed by atoms with van der Waals surface area (Å²) >= 11 is 0. The van der Waals surface area contributed by atoms with Crippen LogP contribution in [0.25, 0.3) is 0 Å². The minimum atomic E-state index is -0.220. The van der Waals surface area contributed by atoms with Gasteiger partial charge in [-0.25, -0.2) is 0 Å². The van der Waals surface area contributed by atoms with E-state index in [1.165, 1.54) is 13.0 Å². The first-order valence-electron chi connectivity index (χ1n) is 8.79. The average molecular weight is 370 g/mol. The number of phenolic OH excluding ortho intramolecular Hbond substituents is 1. The molecule has 7 heteroatoms. The van der Waals surface area contributed by atoms with E-state index in [-0.39, 0.29) is 24.1 Å². The molecule has 7 nitrogen and oxygen atoms in total. The highest BCUT2D eigenvalue weighted by Crippen LogP contribution is 2.33. The number of aromatic hydroxyl groups is 1. The smallest absolute Gasteiger partial charge is 0.239 e. The summed E-state index contributed by atoms with van der Waals surface area (Å²) in [6.07, 6.45) is 0. The lowest BCUT2D eigenvalue weighted by Gasteiger charge is -2.17. The molecule has 0 radical (unpaired) electrons. The summed E-state index contributed by atoms with van der Waals surface area (Å²) < 4.78 is 0. The van der Waals surface area contributed by atoms with Crippen molar-refractivity contribution in [2.75, 3.05) is 29.0 Å². The lowest BCUT2D eigenvalue weighted by atomic mass is 10.1. The molecule has 0 aliphatic rings. The number of carbonyl (C=O) groups excluding carboxylic acids is 2. The van der Waals surface area contributed by atoms with E-state index in [1.54, 1.807) is 13.0 Å². The maximum atomic E-state index is 11.6. The van der Waals surface area contributed by atoms with E-state index in [2.05, 4.69) is 21.3 Å². The minimum absolute atomic E-state index is 0.0585. The third kappa shape index (κ3) is 5.64. The van der Waals surface area contributed by atoms with Crippen LogP contribution in [0.15, 0.2) is 30.3 Å². The number of carbonyl (C=O) groups is 2. The molecular formula is C20H26N4O3. The van der Waals surface area contributed by atoms with Crippen molar-refractivity contribution >= 4 is 34.6 Å². The summed E-state index contributed by atoms with van der Waals surface area (Å²) in [6, 6.07) is 9.01. The highest BCUT2D eigenvalue weighted by molar-refractivity contribution is 5.94. The summed E-state index contributed by atoms with van der Waals surface area (Å²) in [5.41, 5.74) is 4.55. The number of aryl methyl sites for hydroxylation is 2. The van der Waals surface area contributed by atoms with E-state index in [0.717, 1.165) is 16.9 Å². The second-order valence-electron chi connectivity index (χ2n) is 6.33. The van der Waals surface area contributed by atoms with Gasteiger partial charge in [0.25, 0.3) is 0 Å². The van der Waals surface area contributed by atoms with Crippen LogP contribution in [0.2, 0.25) is 0 Å². The van der Waals surface area contributed by atoms with E-state index in [1.807, 2.05) is 32.0 Å². The SMILES string of the molecule is CCNC(=O)CNc1ccc(Nc2cc(C)c(O)cc2NC(C)=O)c(C)c1. The van der Waals surface area contributed by atoms with Crippen LogP contribution in [0.3, 0.4) is 0 Å². The average Bonchev–Trinajstić information content (AvgIpc) is 2.59. The summed E-state index contributed by atoms with van der Waals surface area (Å²) in [4.78, 5) is 23.0. The molecule has 0 unspecified atom stereocenters. The van der Waals surface area contributed by atoms with Crippen LogP contribution in [0.5, 0.6) is 5.75 Å². The molecule has 0 bridgehead atoms. The quantitative estimate of drug-likeness (QED) is 0.482. The van der Waals surface area contributed by atoms with Gasteiger partial charge in [0.15, 0.2) is 0 Å². The van der Waals surface area contributed by atoms with Crippen molar-refractivity contribution in [2.24, 2.45) is 0 Å². The molecule has 0 atom stereocenters. The van der Waals surface area contributed by atoms with Crippen LogP contribution in [-0.4, -0.2) is 30.0 Å².